The summed E-state index contributed by atoms with van der Waals surface area (Å²) in [5.41, 5.74) is 0. The fourth-order valence-electron chi connectivity index (χ4n) is 2.55. The standard InChI is InChI=1S/C12H22N2O4/c1-9-6-14(11(15)16)5-4-13(9)7-10-8-17-12(2,3)18-10/h9-10H,4-8H2,1-3H3,(H,15,16)/t9-,10-/m0/s1. The van der Waals surface area contributed by atoms with Crippen LogP contribution in [0.4, 0.5) is 4.79 Å². The second-order valence-electron chi connectivity index (χ2n) is 5.52. The molecule has 0 aliphatic carbocycles. The first-order valence-corrected chi connectivity index (χ1v) is 6.41. The van der Waals surface area contributed by atoms with Gasteiger partial charge in [0.15, 0.2) is 5.79 Å². The average Bonchev–Trinajstić information content (AvgIpc) is 2.61. The molecule has 0 bridgehead atoms. The predicted molar refractivity (Wildman–Crippen MR) is 65.5 cm³/mol. The van der Waals surface area contributed by atoms with E-state index in [2.05, 4.69) is 11.8 Å². The van der Waals surface area contributed by atoms with E-state index in [-0.39, 0.29) is 12.1 Å². The van der Waals surface area contributed by atoms with Gasteiger partial charge in [-0.25, -0.2) is 4.79 Å². The second-order valence-corrected chi connectivity index (χ2v) is 5.52. The van der Waals surface area contributed by atoms with Gasteiger partial charge in [-0.3, -0.25) is 4.90 Å². The van der Waals surface area contributed by atoms with Crippen LogP contribution in [0.5, 0.6) is 0 Å². The normalized spacial score (nSPS) is 32.7. The summed E-state index contributed by atoms with van der Waals surface area (Å²) in [6, 6.07) is 0.224. The van der Waals surface area contributed by atoms with Crippen LogP contribution in [0.25, 0.3) is 0 Å². The Kier molecular flexibility index (Phi) is 3.79. The molecule has 2 heterocycles. The summed E-state index contributed by atoms with van der Waals surface area (Å²) >= 11 is 0. The van der Waals surface area contributed by atoms with Crippen molar-refractivity contribution in [3.8, 4) is 0 Å². The summed E-state index contributed by atoms with van der Waals surface area (Å²) in [7, 11) is 0. The fraction of sp³-hybridized carbons (Fsp3) is 0.917. The summed E-state index contributed by atoms with van der Waals surface area (Å²) in [5, 5.41) is 8.96. The van der Waals surface area contributed by atoms with Crippen LogP contribution in [0, 0.1) is 0 Å². The van der Waals surface area contributed by atoms with E-state index in [1.807, 2.05) is 13.8 Å². The lowest BCUT2D eigenvalue weighted by atomic mass is 10.2. The molecule has 0 aromatic heterocycles. The molecule has 2 atom stereocenters. The molecule has 0 aromatic rings. The highest BCUT2D eigenvalue weighted by Crippen LogP contribution is 2.23. The van der Waals surface area contributed by atoms with Gasteiger partial charge in [-0.2, -0.15) is 0 Å². The number of carbonyl (C=O) groups is 1. The minimum Gasteiger partial charge on any atom is -0.465 e. The van der Waals surface area contributed by atoms with Gasteiger partial charge in [0.05, 0.1) is 12.7 Å². The molecule has 104 valence electrons. The molecule has 18 heavy (non-hydrogen) atoms. The molecule has 6 heteroatoms. The maximum Gasteiger partial charge on any atom is 0.407 e. The molecule has 0 unspecified atom stereocenters. The predicted octanol–water partition coefficient (Wildman–Crippen LogP) is 0.822. The molecule has 0 radical (unpaired) electrons. The van der Waals surface area contributed by atoms with Crippen molar-refractivity contribution in [2.45, 2.75) is 38.7 Å². The first-order chi connectivity index (χ1) is 8.37. The summed E-state index contributed by atoms with van der Waals surface area (Å²) in [6.07, 6.45) is -0.748. The summed E-state index contributed by atoms with van der Waals surface area (Å²) in [6.45, 7) is 9.18. The number of carboxylic acid groups (broad SMARTS) is 1. The number of nitrogens with zero attached hydrogens (tertiary/aromatic N) is 2. The Labute approximate surface area is 107 Å². The van der Waals surface area contributed by atoms with E-state index in [0.29, 0.717) is 19.7 Å². The Bertz CT molecular complexity index is 321. The van der Waals surface area contributed by atoms with E-state index in [1.54, 1.807) is 0 Å². The van der Waals surface area contributed by atoms with Crippen molar-refractivity contribution in [2.24, 2.45) is 0 Å². The molecule has 2 rings (SSSR count). The summed E-state index contributed by atoms with van der Waals surface area (Å²) in [5.74, 6) is -0.489. The topological polar surface area (TPSA) is 62.2 Å². The van der Waals surface area contributed by atoms with Crippen molar-refractivity contribution >= 4 is 6.09 Å². The molecular weight excluding hydrogens is 236 g/mol. The van der Waals surface area contributed by atoms with Gasteiger partial charge < -0.3 is 19.5 Å². The first-order valence-electron chi connectivity index (χ1n) is 6.41. The minimum atomic E-state index is -0.830. The maximum absolute atomic E-state index is 10.9. The van der Waals surface area contributed by atoms with E-state index in [9.17, 15) is 4.79 Å². The van der Waals surface area contributed by atoms with Gasteiger partial charge in [0.2, 0.25) is 0 Å². The van der Waals surface area contributed by atoms with Gasteiger partial charge >= 0.3 is 6.09 Å². The zero-order chi connectivity index (χ0) is 13.3. The number of amides is 1. The first kappa shape index (κ1) is 13.6. The summed E-state index contributed by atoms with van der Waals surface area (Å²) < 4.78 is 11.3. The second kappa shape index (κ2) is 5.03. The molecule has 6 nitrogen and oxygen atoms in total. The Balaban J connectivity index is 1.83. The molecule has 2 aliphatic rings. The largest absolute Gasteiger partial charge is 0.465 e. The van der Waals surface area contributed by atoms with Gasteiger partial charge in [0.25, 0.3) is 0 Å². The lowest BCUT2D eigenvalue weighted by Gasteiger charge is -2.39. The molecule has 2 aliphatic heterocycles. The van der Waals surface area contributed by atoms with E-state index >= 15 is 0 Å². The lowest BCUT2D eigenvalue weighted by molar-refractivity contribution is -0.141. The highest BCUT2D eigenvalue weighted by molar-refractivity contribution is 5.65. The van der Waals surface area contributed by atoms with Crippen LogP contribution in [-0.2, 0) is 9.47 Å². The van der Waals surface area contributed by atoms with E-state index in [1.165, 1.54) is 4.90 Å². The van der Waals surface area contributed by atoms with Gasteiger partial charge in [-0.1, -0.05) is 0 Å². The third-order valence-corrected chi connectivity index (χ3v) is 3.54. The van der Waals surface area contributed by atoms with Crippen molar-refractivity contribution in [3.05, 3.63) is 0 Å². The van der Waals surface area contributed by atoms with Crippen molar-refractivity contribution < 1.29 is 19.4 Å². The zero-order valence-corrected chi connectivity index (χ0v) is 11.3. The Morgan fingerprint density at radius 3 is 2.67 bits per heavy atom. The Morgan fingerprint density at radius 2 is 2.17 bits per heavy atom. The van der Waals surface area contributed by atoms with Crippen molar-refractivity contribution in [2.75, 3.05) is 32.8 Å². The smallest absolute Gasteiger partial charge is 0.407 e. The molecule has 1 N–H and O–H groups in total. The summed E-state index contributed by atoms with van der Waals surface area (Å²) in [4.78, 5) is 14.6. The van der Waals surface area contributed by atoms with E-state index in [0.717, 1.165) is 13.1 Å². The van der Waals surface area contributed by atoms with Crippen LogP contribution in [0.2, 0.25) is 0 Å². The monoisotopic (exact) mass is 258 g/mol. The molecule has 0 saturated carbocycles. The van der Waals surface area contributed by atoms with Gasteiger partial charge in [0, 0.05) is 32.2 Å². The Hall–Kier alpha value is -0.850. The molecule has 2 saturated heterocycles. The quantitative estimate of drug-likeness (QED) is 0.794. The number of piperazine rings is 1. The molecule has 2 fully saturated rings. The van der Waals surface area contributed by atoms with Crippen LogP contribution < -0.4 is 0 Å². The SMILES string of the molecule is C[C@H]1CN(C(=O)O)CCN1C[C@H]1COC(C)(C)O1. The van der Waals surface area contributed by atoms with Crippen LogP contribution in [0.15, 0.2) is 0 Å². The number of rotatable bonds is 2. The average molecular weight is 258 g/mol. The number of hydrogen-bond acceptors (Lipinski definition) is 4. The maximum atomic E-state index is 10.9. The third kappa shape index (κ3) is 3.13. The lowest BCUT2D eigenvalue weighted by Crippen LogP contribution is -2.55. The van der Waals surface area contributed by atoms with Crippen molar-refractivity contribution in [3.63, 3.8) is 0 Å². The van der Waals surface area contributed by atoms with E-state index in [4.69, 9.17) is 14.6 Å². The number of ether oxygens (including phenoxy) is 2. The Morgan fingerprint density at radius 1 is 1.44 bits per heavy atom. The zero-order valence-electron chi connectivity index (χ0n) is 11.3. The van der Waals surface area contributed by atoms with Gasteiger partial charge in [0.1, 0.15) is 0 Å². The molecule has 0 spiro atoms. The third-order valence-electron chi connectivity index (χ3n) is 3.54. The highest BCUT2D eigenvalue weighted by Gasteiger charge is 2.35. The minimum absolute atomic E-state index is 0.0822. The highest BCUT2D eigenvalue weighted by atomic mass is 16.7. The van der Waals surface area contributed by atoms with Crippen LogP contribution in [0.3, 0.4) is 0 Å². The van der Waals surface area contributed by atoms with Crippen molar-refractivity contribution in [1.29, 1.82) is 0 Å². The molecular formula is C12H22N2O4. The fourth-order valence-corrected chi connectivity index (χ4v) is 2.55. The van der Waals surface area contributed by atoms with Gasteiger partial charge in [-0.05, 0) is 20.8 Å². The van der Waals surface area contributed by atoms with Crippen molar-refractivity contribution in [1.82, 2.24) is 9.80 Å². The number of hydrogen-bond donors (Lipinski definition) is 1. The van der Waals surface area contributed by atoms with Crippen LogP contribution in [-0.4, -0.2) is 71.7 Å². The van der Waals surface area contributed by atoms with Crippen LogP contribution >= 0.6 is 0 Å². The van der Waals surface area contributed by atoms with Gasteiger partial charge in [-0.15, -0.1) is 0 Å². The van der Waals surface area contributed by atoms with E-state index < -0.39 is 11.9 Å². The molecule has 1 amide bonds. The molecule has 0 aromatic carbocycles. The van der Waals surface area contributed by atoms with Crippen LogP contribution in [0.1, 0.15) is 20.8 Å².